The Hall–Kier alpha value is -8.27. The van der Waals surface area contributed by atoms with Crippen LogP contribution in [0.4, 0.5) is 0 Å². The normalized spacial score (nSPS) is 11.6. The van der Waals surface area contributed by atoms with Gasteiger partial charge in [0, 0.05) is 44.6 Å². The lowest BCUT2D eigenvalue weighted by atomic mass is 9.94. The number of nitrogens with zero attached hydrogens (tertiary/aromatic N) is 2. The van der Waals surface area contributed by atoms with Crippen LogP contribution in [-0.2, 0) is 6.42 Å². The standard InChI is InChI=1S/C60H40N2O/c1-2-13-40(14-3-1)33-41-15-8-16-42(34-41)43-17-9-18-44(35-43)45-19-10-20-46(36-45)47-29-31-59-55(38-47)53-25-12-24-51(60(53)63-59)48-21-11-22-50(37-48)62-57-27-5-4-23-52(57)54-39-49(28-30-58(54)62)56-26-6-7-32-61-56/h1-32,34-39H,33H2. The zero-order chi connectivity index (χ0) is 41.7. The number of aromatic nitrogens is 2. The van der Waals surface area contributed by atoms with Gasteiger partial charge in [0.1, 0.15) is 11.2 Å². The highest BCUT2D eigenvalue weighted by Gasteiger charge is 2.17. The zero-order valence-corrected chi connectivity index (χ0v) is 34.4. The summed E-state index contributed by atoms with van der Waals surface area (Å²) < 4.78 is 9.10. The van der Waals surface area contributed by atoms with Crippen LogP contribution in [0.5, 0.6) is 0 Å². The first kappa shape index (κ1) is 36.6. The van der Waals surface area contributed by atoms with Gasteiger partial charge in [-0.05, 0) is 123 Å². The minimum Gasteiger partial charge on any atom is -0.455 e. The summed E-state index contributed by atoms with van der Waals surface area (Å²) in [5.74, 6) is 0. The Morgan fingerprint density at radius 2 is 0.968 bits per heavy atom. The molecule has 0 N–H and O–H groups in total. The summed E-state index contributed by atoms with van der Waals surface area (Å²) in [7, 11) is 0. The Morgan fingerprint density at radius 3 is 1.76 bits per heavy atom. The molecule has 0 aliphatic rings. The molecule has 0 saturated carbocycles. The van der Waals surface area contributed by atoms with Crippen molar-refractivity contribution in [3.05, 3.63) is 242 Å². The number of benzene rings is 9. The van der Waals surface area contributed by atoms with Gasteiger partial charge in [-0.1, -0.05) is 158 Å². The van der Waals surface area contributed by atoms with E-state index in [0.717, 1.165) is 67.5 Å². The van der Waals surface area contributed by atoms with Crippen molar-refractivity contribution in [3.63, 3.8) is 0 Å². The molecule has 3 aromatic heterocycles. The van der Waals surface area contributed by atoms with Gasteiger partial charge in [0.25, 0.3) is 0 Å². The smallest absolute Gasteiger partial charge is 0.143 e. The van der Waals surface area contributed by atoms with E-state index in [0.29, 0.717) is 0 Å². The molecule has 0 saturated heterocycles. The maximum Gasteiger partial charge on any atom is 0.143 e. The van der Waals surface area contributed by atoms with Gasteiger partial charge in [-0.2, -0.15) is 0 Å². The van der Waals surface area contributed by atoms with Crippen LogP contribution in [-0.4, -0.2) is 9.55 Å². The second kappa shape index (κ2) is 15.3. The average molecular weight is 805 g/mol. The SMILES string of the molecule is c1ccc(Cc2cccc(-c3cccc(-c4cccc(-c5ccc6oc7c(-c8cccc(-n9c%10ccccc%10c%10cc(-c%11ccccn%11)ccc%109)c8)cccc7c6c5)c4)c3)c2)cc1. The van der Waals surface area contributed by atoms with E-state index in [1.807, 2.05) is 18.3 Å². The van der Waals surface area contributed by atoms with Crippen LogP contribution < -0.4 is 0 Å². The molecule has 0 bridgehead atoms. The molecule has 3 heteroatoms. The molecule has 0 aliphatic heterocycles. The summed E-state index contributed by atoms with van der Waals surface area (Å²) in [5, 5.41) is 4.63. The molecule has 296 valence electrons. The Morgan fingerprint density at radius 1 is 0.365 bits per heavy atom. The van der Waals surface area contributed by atoms with Gasteiger partial charge < -0.3 is 8.98 Å². The van der Waals surface area contributed by atoms with Gasteiger partial charge in [0.2, 0.25) is 0 Å². The Bertz CT molecular complexity index is 3650. The highest BCUT2D eigenvalue weighted by molar-refractivity contribution is 6.12. The average Bonchev–Trinajstić information content (AvgIpc) is 3.90. The van der Waals surface area contributed by atoms with Crippen molar-refractivity contribution >= 4 is 43.7 Å². The van der Waals surface area contributed by atoms with Crippen LogP contribution in [0, 0.1) is 0 Å². The molecule has 0 spiro atoms. The first-order valence-electron chi connectivity index (χ1n) is 21.6. The van der Waals surface area contributed by atoms with Crippen LogP contribution in [0.25, 0.3) is 105 Å². The Kier molecular flexibility index (Phi) is 8.90. The van der Waals surface area contributed by atoms with Crippen LogP contribution in [0.1, 0.15) is 11.1 Å². The number of hydrogen-bond donors (Lipinski definition) is 0. The highest BCUT2D eigenvalue weighted by Crippen LogP contribution is 2.40. The lowest BCUT2D eigenvalue weighted by molar-refractivity contribution is 0.670. The van der Waals surface area contributed by atoms with Gasteiger partial charge in [-0.3, -0.25) is 4.98 Å². The Balaban J connectivity index is 0.880. The molecule has 3 heterocycles. The fourth-order valence-electron chi connectivity index (χ4n) is 9.41. The number of pyridine rings is 1. The van der Waals surface area contributed by atoms with E-state index in [1.54, 1.807) is 0 Å². The molecule has 0 atom stereocenters. The Labute approximate surface area is 365 Å². The van der Waals surface area contributed by atoms with Crippen molar-refractivity contribution in [2.24, 2.45) is 0 Å². The molecule has 12 aromatic rings. The largest absolute Gasteiger partial charge is 0.455 e. The van der Waals surface area contributed by atoms with Crippen molar-refractivity contribution in [3.8, 4) is 61.5 Å². The minimum atomic E-state index is 0.877. The molecule has 9 aromatic carbocycles. The number of hydrogen-bond acceptors (Lipinski definition) is 2. The van der Waals surface area contributed by atoms with Gasteiger partial charge in [-0.15, -0.1) is 0 Å². The molecule has 3 nitrogen and oxygen atoms in total. The first-order valence-corrected chi connectivity index (χ1v) is 21.6. The molecule has 0 radical (unpaired) electrons. The summed E-state index contributed by atoms with van der Waals surface area (Å²) in [5.41, 5.74) is 19.2. The molecule has 0 aliphatic carbocycles. The van der Waals surface area contributed by atoms with E-state index in [-0.39, 0.29) is 0 Å². The third-order valence-corrected chi connectivity index (χ3v) is 12.4. The second-order valence-electron chi connectivity index (χ2n) is 16.4. The lowest BCUT2D eigenvalue weighted by Gasteiger charge is -2.11. The van der Waals surface area contributed by atoms with E-state index in [2.05, 4.69) is 222 Å². The fourth-order valence-corrected chi connectivity index (χ4v) is 9.41. The topological polar surface area (TPSA) is 31.0 Å². The molecule has 0 amide bonds. The van der Waals surface area contributed by atoms with Gasteiger partial charge in [-0.25, -0.2) is 0 Å². The monoisotopic (exact) mass is 804 g/mol. The van der Waals surface area contributed by atoms with Crippen LogP contribution in [0.2, 0.25) is 0 Å². The van der Waals surface area contributed by atoms with Crippen molar-refractivity contribution in [2.75, 3.05) is 0 Å². The quantitative estimate of drug-likeness (QED) is 0.153. The van der Waals surface area contributed by atoms with E-state index in [1.165, 1.54) is 55.2 Å². The predicted octanol–water partition coefficient (Wildman–Crippen LogP) is 16.0. The molecule has 12 rings (SSSR count). The second-order valence-corrected chi connectivity index (χ2v) is 16.4. The van der Waals surface area contributed by atoms with Crippen LogP contribution in [0.15, 0.2) is 235 Å². The molecular formula is C60H40N2O. The molecule has 0 fully saturated rings. The maximum absolute atomic E-state index is 6.73. The van der Waals surface area contributed by atoms with Crippen molar-refractivity contribution in [1.29, 1.82) is 0 Å². The molecular weight excluding hydrogens is 765 g/mol. The van der Waals surface area contributed by atoms with Gasteiger partial charge >= 0.3 is 0 Å². The summed E-state index contributed by atoms with van der Waals surface area (Å²) in [6.45, 7) is 0. The highest BCUT2D eigenvalue weighted by atomic mass is 16.3. The van der Waals surface area contributed by atoms with Gasteiger partial charge in [0.15, 0.2) is 0 Å². The van der Waals surface area contributed by atoms with Crippen LogP contribution >= 0.6 is 0 Å². The third kappa shape index (κ3) is 6.68. The van der Waals surface area contributed by atoms with E-state index in [4.69, 9.17) is 4.42 Å². The number of furan rings is 1. The van der Waals surface area contributed by atoms with Crippen LogP contribution in [0.3, 0.4) is 0 Å². The third-order valence-electron chi connectivity index (χ3n) is 12.4. The molecule has 0 unspecified atom stereocenters. The van der Waals surface area contributed by atoms with E-state index < -0.39 is 0 Å². The molecule has 63 heavy (non-hydrogen) atoms. The number of rotatable bonds is 8. The number of para-hydroxylation sites is 2. The summed E-state index contributed by atoms with van der Waals surface area (Å²) >= 11 is 0. The minimum absolute atomic E-state index is 0.877. The number of fused-ring (bicyclic) bond motifs is 6. The van der Waals surface area contributed by atoms with Crippen molar-refractivity contribution in [1.82, 2.24) is 9.55 Å². The summed E-state index contributed by atoms with van der Waals surface area (Å²) in [4.78, 5) is 4.63. The zero-order valence-electron chi connectivity index (χ0n) is 34.4. The van der Waals surface area contributed by atoms with Crippen molar-refractivity contribution in [2.45, 2.75) is 6.42 Å². The van der Waals surface area contributed by atoms with Gasteiger partial charge in [0.05, 0.1) is 16.7 Å². The summed E-state index contributed by atoms with van der Waals surface area (Å²) in [6, 6.07) is 80.7. The summed E-state index contributed by atoms with van der Waals surface area (Å²) in [6.07, 6.45) is 2.77. The van der Waals surface area contributed by atoms with E-state index in [9.17, 15) is 0 Å². The fraction of sp³-hybridized carbons (Fsp3) is 0.0167. The predicted molar refractivity (Wildman–Crippen MR) is 262 cm³/mol. The van der Waals surface area contributed by atoms with Crippen molar-refractivity contribution < 1.29 is 4.42 Å². The first-order chi connectivity index (χ1) is 31.2. The lowest BCUT2D eigenvalue weighted by Crippen LogP contribution is -1.94. The van der Waals surface area contributed by atoms with E-state index >= 15 is 0 Å². The maximum atomic E-state index is 6.73.